The second-order valence-electron chi connectivity index (χ2n) is 5.56. The van der Waals surface area contributed by atoms with Crippen molar-refractivity contribution in [1.29, 1.82) is 0 Å². The summed E-state index contributed by atoms with van der Waals surface area (Å²) in [6.07, 6.45) is 3.53. The summed E-state index contributed by atoms with van der Waals surface area (Å²) in [6, 6.07) is 4.04. The van der Waals surface area contributed by atoms with Crippen LogP contribution < -0.4 is 0 Å². The maximum Gasteiger partial charge on any atom is 0.223 e. The molecule has 114 valence electrons. The molecule has 0 saturated carbocycles. The molecule has 1 aliphatic rings. The van der Waals surface area contributed by atoms with Gasteiger partial charge >= 0.3 is 0 Å². The number of aromatic nitrogens is 2. The van der Waals surface area contributed by atoms with Gasteiger partial charge in [0.15, 0.2) is 5.82 Å². The Kier molecular flexibility index (Phi) is 4.36. The van der Waals surface area contributed by atoms with Crippen molar-refractivity contribution >= 4 is 0 Å². The Hall–Kier alpha value is -1.66. The first kappa shape index (κ1) is 14.3. The lowest BCUT2D eigenvalue weighted by Crippen LogP contribution is -2.17. The second-order valence-corrected chi connectivity index (χ2v) is 5.56. The average molecular weight is 291 g/mol. The van der Waals surface area contributed by atoms with E-state index in [1.54, 1.807) is 6.92 Å². The van der Waals surface area contributed by atoms with Crippen molar-refractivity contribution in [2.45, 2.75) is 45.4 Å². The van der Waals surface area contributed by atoms with Gasteiger partial charge in [-0.1, -0.05) is 5.16 Å². The van der Waals surface area contributed by atoms with E-state index in [-0.39, 0.29) is 6.10 Å². The predicted octanol–water partition coefficient (Wildman–Crippen LogP) is 2.84. The topological polar surface area (TPSA) is 64.5 Å². The molecule has 3 heterocycles. The van der Waals surface area contributed by atoms with Gasteiger partial charge in [0.2, 0.25) is 5.89 Å². The van der Waals surface area contributed by atoms with Gasteiger partial charge in [0.05, 0.1) is 13.1 Å². The Morgan fingerprint density at radius 2 is 2.19 bits per heavy atom. The number of rotatable bonds is 5. The number of ether oxygens (including phenoxy) is 1. The minimum atomic E-state index is 0.123. The van der Waals surface area contributed by atoms with Crippen LogP contribution in [0.15, 0.2) is 21.1 Å². The fourth-order valence-corrected chi connectivity index (χ4v) is 2.59. The zero-order chi connectivity index (χ0) is 14.7. The molecule has 6 nitrogen and oxygen atoms in total. The van der Waals surface area contributed by atoms with Gasteiger partial charge in [-0.2, -0.15) is 4.98 Å². The highest BCUT2D eigenvalue weighted by Gasteiger charge is 2.19. The zero-order valence-electron chi connectivity index (χ0n) is 12.5. The van der Waals surface area contributed by atoms with E-state index in [0.29, 0.717) is 24.8 Å². The molecule has 0 unspecified atom stereocenters. The van der Waals surface area contributed by atoms with E-state index in [1.165, 1.54) is 6.42 Å². The molecular weight excluding hydrogens is 270 g/mol. The van der Waals surface area contributed by atoms with Gasteiger partial charge in [0.25, 0.3) is 0 Å². The van der Waals surface area contributed by atoms with Crippen LogP contribution in [0.1, 0.15) is 48.6 Å². The van der Waals surface area contributed by atoms with Crippen molar-refractivity contribution in [2.24, 2.45) is 0 Å². The summed E-state index contributed by atoms with van der Waals surface area (Å²) in [7, 11) is 2.00. The first-order valence-corrected chi connectivity index (χ1v) is 7.38. The molecule has 2 aromatic rings. The van der Waals surface area contributed by atoms with Crippen molar-refractivity contribution < 1.29 is 13.7 Å². The molecule has 1 aliphatic heterocycles. The van der Waals surface area contributed by atoms with Gasteiger partial charge in [0.1, 0.15) is 17.6 Å². The van der Waals surface area contributed by atoms with Gasteiger partial charge < -0.3 is 13.7 Å². The van der Waals surface area contributed by atoms with Crippen LogP contribution in [0.3, 0.4) is 0 Å². The summed E-state index contributed by atoms with van der Waals surface area (Å²) >= 11 is 0. The van der Waals surface area contributed by atoms with Crippen LogP contribution in [0.2, 0.25) is 0 Å². The molecule has 0 aliphatic carbocycles. The monoisotopic (exact) mass is 291 g/mol. The van der Waals surface area contributed by atoms with Crippen LogP contribution in [-0.4, -0.2) is 28.7 Å². The SMILES string of the molecule is Cc1nc(CN(C)Cc2ccc([C@@H]3CCCCO3)o2)no1. The summed E-state index contributed by atoms with van der Waals surface area (Å²) in [5.41, 5.74) is 0. The maximum atomic E-state index is 5.91. The van der Waals surface area contributed by atoms with Crippen LogP contribution in [0, 0.1) is 6.92 Å². The summed E-state index contributed by atoms with van der Waals surface area (Å²) in [4.78, 5) is 6.29. The van der Waals surface area contributed by atoms with Crippen LogP contribution in [0.25, 0.3) is 0 Å². The molecule has 21 heavy (non-hydrogen) atoms. The first-order valence-electron chi connectivity index (χ1n) is 7.38. The molecule has 1 saturated heterocycles. The molecular formula is C15H21N3O3. The third kappa shape index (κ3) is 3.71. The standard InChI is InChI=1S/C15H21N3O3/c1-11-16-15(17-21-11)10-18(2)9-12-6-7-14(20-12)13-5-3-4-8-19-13/h6-7,13H,3-5,8-10H2,1-2H3/t13-/m0/s1. The number of furan rings is 1. The highest BCUT2D eigenvalue weighted by molar-refractivity contribution is 5.10. The second kappa shape index (κ2) is 6.41. The van der Waals surface area contributed by atoms with Gasteiger partial charge in [-0.15, -0.1) is 0 Å². The quantitative estimate of drug-likeness (QED) is 0.844. The molecule has 3 rings (SSSR count). The third-order valence-electron chi connectivity index (χ3n) is 3.59. The molecule has 0 bridgehead atoms. The van der Waals surface area contributed by atoms with Crippen LogP contribution in [0.4, 0.5) is 0 Å². The van der Waals surface area contributed by atoms with E-state index < -0.39 is 0 Å². The first-order chi connectivity index (χ1) is 10.2. The van der Waals surface area contributed by atoms with E-state index >= 15 is 0 Å². The number of nitrogens with zero attached hydrogens (tertiary/aromatic N) is 3. The van der Waals surface area contributed by atoms with E-state index in [9.17, 15) is 0 Å². The molecule has 0 radical (unpaired) electrons. The Morgan fingerprint density at radius 3 is 2.90 bits per heavy atom. The molecule has 2 aromatic heterocycles. The van der Waals surface area contributed by atoms with Crippen molar-refractivity contribution in [3.05, 3.63) is 35.4 Å². The maximum absolute atomic E-state index is 5.91. The average Bonchev–Trinajstić information content (AvgIpc) is 3.09. The fraction of sp³-hybridized carbons (Fsp3) is 0.600. The van der Waals surface area contributed by atoms with Crippen molar-refractivity contribution in [1.82, 2.24) is 15.0 Å². The van der Waals surface area contributed by atoms with Crippen molar-refractivity contribution in [3.8, 4) is 0 Å². The third-order valence-corrected chi connectivity index (χ3v) is 3.59. The summed E-state index contributed by atoms with van der Waals surface area (Å²) in [5.74, 6) is 3.15. The van der Waals surface area contributed by atoms with Crippen LogP contribution >= 0.6 is 0 Å². The van der Waals surface area contributed by atoms with E-state index in [2.05, 4.69) is 15.0 Å². The fourth-order valence-electron chi connectivity index (χ4n) is 2.59. The summed E-state index contributed by atoms with van der Waals surface area (Å²) < 4.78 is 16.6. The highest BCUT2D eigenvalue weighted by Crippen LogP contribution is 2.29. The Morgan fingerprint density at radius 1 is 1.29 bits per heavy atom. The van der Waals surface area contributed by atoms with Crippen LogP contribution in [-0.2, 0) is 17.8 Å². The number of aryl methyl sites for hydroxylation is 1. The molecule has 0 spiro atoms. The van der Waals surface area contributed by atoms with Gasteiger partial charge in [-0.05, 0) is 38.4 Å². The molecule has 1 fully saturated rings. The number of hydrogen-bond donors (Lipinski definition) is 0. The minimum Gasteiger partial charge on any atom is -0.462 e. The zero-order valence-corrected chi connectivity index (χ0v) is 12.5. The van der Waals surface area contributed by atoms with Gasteiger partial charge in [-0.3, -0.25) is 4.90 Å². The lowest BCUT2D eigenvalue weighted by molar-refractivity contribution is 0.000899. The lowest BCUT2D eigenvalue weighted by Gasteiger charge is -2.20. The van der Waals surface area contributed by atoms with E-state index in [1.807, 2.05) is 19.2 Å². The summed E-state index contributed by atoms with van der Waals surface area (Å²) in [5, 5.41) is 3.90. The number of hydrogen-bond acceptors (Lipinski definition) is 6. The molecule has 0 amide bonds. The Bertz CT molecular complexity index is 572. The van der Waals surface area contributed by atoms with Crippen molar-refractivity contribution in [2.75, 3.05) is 13.7 Å². The predicted molar refractivity (Wildman–Crippen MR) is 75.5 cm³/mol. The molecule has 1 atom stereocenters. The largest absolute Gasteiger partial charge is 0.462 e. The highest BCUT2D eigenvalue weighted by atomic mass is 16.5. The van der Waals surface area contributed by atoms with Gasteiger partial charge in [0, 0.05) is 13.5 Å². The molecule has 0 N–H and O–H groups in total. The van der Waals surface area contributed by atoms with Crippen molar-refractivity contribution in [3.63, 3.8) is 0 Å². The minimum absolute atomic E-state index is 0.123. The molecule has 0 aromatic carbocycles. The Balaban J connectivity index is 1.56. The Labute approximate surface area is 124 Å². The van der Waals surface area contributed by atoms with E-state index in [4.69, 9.17) is 13.7 Å². The normalized spacial score (nSPS) is 19.3. The van der Waals surface area contributed by atoms with E-state index in [0.717, 1.165) is 31.0 Å². The van der Waals surface area contributed by atoms with Crippen LogP contribution in [0.5, 0.6) is 0 Å². The lowest BCUT2D eigenvalue weighted by atomic mass is 10.1. The smallest absolute Gasteiger partial charge is 0.223 e. The van der Waals surface area contributed by atoms with Gasteiger partial charge in [-0.25, -0.2) is 0 Å². The summed E-state index contributed by atoms with van der Waals surface area (Å²) in [6.45, 7) is 3.96. The molecule has 6 heteroatoms.